The topological polar surface area (TPSA) is 85.4 Å². The molecule has 1 aromatic heterocycles. The van der Waals surface area contributed by atoms with E-state index in [1.807, 2.05) is 0 Å². The third kappa shape index (κ3) is 2.75. The number of aromatic nitrogens is 1. The van der Waals surface area contributed by atoms with Crippen LogP contribution in [0, 0.1) is 0 Å². The molecule has 0 aromatic carbocycles. The van der Waals surface area contributed by atoms with Crippen LogP contribution in [-0.2, 0) is 4.79 Å². The average molecular weight is 234 g/mol. The number of hydrogen-bond donors (Lipinski definition) is 2. The standard InChI is InChI=1S/C12H14N2O3/c13-12-8(4-5-11(15)16)6-14-7-10(12)17-9-2-1-3-9/h4-7,9H,1-3H2,(H2,13,14)(H,15,16)/b5-4+. The largest absolute Gasteiger partial charge is 0.487 e. The van der Waals surface area contributed by atoms with E-state index in [1.165, 1.54) is 18.7 Å². The Morgan fingerprint density at radius 1 is 1.53 bits per heavy atom. The van der Waals surface area contributed by atoms with E-state index >= 15 is 0 Å². The maximum atomic E-state index is 10.4. The summed E-state index contributed by atoms with van der Waals surface area (Å²) in [7, 11) is 0. The number of pyridine rings is 1. The van der Waals surface area contributed by atoms with Gasteiger partial charge in [-0.1, -0.05) is 0 Å². The van der Waals surface area contributed by atoms with Crippen molar-refractivity contribution >= 4 is 17.7 Å². The molecule has 1 saturated carbocycles. The Morgan fingerprint density at radius 2 is 2.29 bits per heavy atom. The quantitative estimate of drug-likeness (QED) is 0.774. The van der Waals surface area contributed by atoms with Gasteiger partial charge in [-0.3, -0.25) is 4.98 Å². The van der Waals surface area contributed by atoms with Gasteiger partial charge < -0.3 is 15.6 Å². The summed E-state index contributed by atoms with van der Waals surface area (Å²) in [5.74, 6) is -0.489. The molecule has 1 aliphatic carbocycles. The minimum Gasteiger partial charge on any atom is -0.487 e. The molecule has 1 aliphatic rings. The monoisotopic (exact) mass is 234 g/mol. The first kappa shape index (κ1) is 11.4. The lowest BCUT2D eigenvalue weighted by molar-refractivity contribution is -0.131. The van der Waals surface area contributed by atoms with Crippen LogP contribution in [0.15, 0.2) is 18.5 Å². The molecule has 1 fully saturated rings. The van der Waals surface area contributed by atoms with E-state index in [0.717, 1.165) is 18.9 Å². The second kappa shape index (κ2) is 4.86. The SMILES string of the molecule is Nc1c(/C=C/C(=O)O)cncc1OC1CCC1. The van der Waals surface area contributed by atoms with Crippen molar-refractivity contribution in [2.24, 2.45) is 0 Å². The maximum Gasteiger partial charge on any atom is 0.328 e. The fourth-order valence-corrected chi connectivity index (χ4v) is 1.52. The second-order valence-corrected chi connectivity index (χ2v) is 3.98. The highest BCUT2D eigenvalue weighted by Gasteiger charge is 2.20. The summed E-state index contributed by atoms with van der Waals surface area (Å²) in [4.78, 5) is 14.4. The minimum absolute atomic E-state index is 0.220. The van der Waals surface area contributed by atoms with Crippen LogP contribution < -0.4 is 10.5 Å². The fourth-order valence-electron chi connectivity index (χ4n) is 1.52. The van der Waals surface area contributed by atoms with Gasteiger partial charge in [-0.25, -0.2) is 4.79 Å². The van der Waals surface area contributed by atoms with Crippen LogP contribution in [0.4, 0.5) is 5.69 Å². The van der Waals surface area contributed by atoms with Crippen molar-refractivity contribution < 1.29 is 14.6 Å². The lowest BCUT2D eigenvalue weighted by Crippen LogP contribution is -2.25. The molecule has 0 bridgehead atoms. The van der Waals surface area contributed by atoms with Crippen LogP contribution >= 0.6 is 0 Å². The number of carbonyl (C=O) groups is 1. The molecule has 5 heteroatoms. The molecule has 2 rings (SSSR count). The Labute approximate surface area is 98.9 Å². The first-order valence-electron chi connectivity index (χ1n) is 5.48. The summed E-state index contributed by atoms with van der Waals surface area (Å²) in [6, 6.07) is 0. The summed E-state index contributed by atoms with van der Waals surface area (Å²) in [6.07, 6.45) is 8.99. The maximum absolute atomic E-state index is 10.4. The Morgan fingerprint density at radius 3 is 2.88 bits per heavy atom. The van der Waals surface area contributed by atoms with E-state index in [2.05, 4.69) is 4.98 Å². The predicted octanol–water partition coefficient (Wildman–Crippen LogP) is 1.69. The zero-order valence-corrected chi connectivity index (χ0v) is 9.30. The van der Waals surface area contributed by atoms with Gasteiger partial charge >= 0.3 is 5.97 Å². The van der Waals surface area contributed by atoms with Gasteiger partial charge in [0.15, 0.2) is 5.75 Å². The van der Waals surface area contributed by atoms with Gasteiger partial charge in [0.25, 0.3) is 0 Å². The smallest absolute Gasteiger partial charge is 0.328 e. The normalized spacial score (nSPS) is 15.8. The van der Waals surface area contributed by atoms with Crippen LogP contribution in [0.3, 0.4) is 0 Å². The minimum atomic E-state index is -1.02. The molecule has 0 unspecified atom stereocenters. The van der Waals surface area contributed by atoms with Crippen molar-refractivity contribution in [3.63, 3.8) is 0 Å². The summed E-state index contributed by atoms with van der Waals surface area (Å²) in [6.45, 7) is 0. The first-order chi connectivity index (χ1) is 8.16. The zero-order chi connectivity index (χ0) is 12.3. The van der Waals surface area contributed by atoms with E-state index in [4.69, 9.17) is 15.6 Å². The van der Waals surface area contributed by atoms with Gasteiger partial charge in [0.2, 0.25) is 0 Å². The first-order valence-corrected chi connectivity index (χ1v) is 5.48. The van der Waals surface area contributed by atoms with E-state index in [1.54, 1.807) is 6.20 Å². The number of carboxylic acid groups (broad SMARTS) is 1. The summed E-state index contributed by atoms with van der Waals surface area (Å²) >= 11 is 0. The molecule has 3 N–H and O–H groups in total. The average Bonchev–Trinajstić information content (AvgIpc) is 2.23. The number of nitrogens with zero attached hydrogens (tertiary/aromatic N) is 1. The molecular weight excluding hydrogens is 220 g/mol. The van der Waals surface area contributed by atoms with Crippen molar-refractivity contribution in [3.8, 4) is 5.75 Å². The summed E-state index contributed by atoms with van der Waals surface area (Å²) in [5.41, 5.74) is 6.88. The van der Waals surface area contributed by atoms with Crippen LogP contribution in [0.2, 0.25) is 0 Å². The highest BCUT2D eigenvalue weighted by atomic mass is 16.5. The van der Waals surface area contributed by atoms with Gasteiger partial charge in [-0.05, 0) is 25.3 Å². The molecule has 0 saturated heterocycles. The highest BCUT2D eigenvalue weighted by molar-refractivity contribution is 5.87. The van der Waals surface area contributed by atoms with Crippen molar-refractivity contribution in [1.29, 1.82) is 0 Å². The van der Waals surface area contributed by atoms with Gasteiger partial charge in [0.1, 0.15) is 0 Å². The predicted molar refractivity (Wildman–Crippen MR) is 63.6 cm³/mol. The van der Waals surface area contributed by atoms with Crippen molar-refractivity contribution in [2.45, 2.75) is 25.4 Å². The molecule has 0 amide bonds. The molecule has 0 atom stereocenters. The molecule has 1 heterocycles. The molecule has 17 heavy (non-hydrogen) atoms. The van der Waals surface area contributed by atoms with E-state index in [9.17, 15) is 4.79 Å². The number of anilines is 1. The summed E-state index contributed by atoms with van der Waals surface area (Å²) in [5, 5.41) is 8.55. The molecule has 0 radical (unpaired) electrons. The molecule has 0 aliphatic heterocycles. The van der Waals surface area contributed by atoms with Gasteiger partial charge in [-0.15, -0.1) is 0 Å². The van der Waals surface area contributed by atoms with Gasteiger partial charge in [0.05, 0.1) is 18.0 Å². The Hall–Kier alpha value is -2.04. The Balaban J connectivity index is 2.16. The number of aliphatic carboxylic acids is 1. The zero-order valence-electron chi connectivity index (χ0n) is 9.30. The highest BCUT2D eigenvalue weighted by Crippen LogP contribution is 2.30. The fraction of sp³-hybridized carbons (Fsp3) is 0.333. The third-order valence-corrected chi connectivity index (χ3v) is 2.73. The van der Waals surface area contributed by atoms with Gasteiger partial charge in [-0.2, -0.15) is 0 Å². The Bertz CT molecular complexity index is 453. The number of ether oxygens (including phenoxy) is 1. The number of rotatable bonds is 4. The molecule has 5 nitrogen and oxygen atoms in total. The van der Waals surface area contributed by atoms with Crippen LogP contribution in [-0.4, -0.2) is 22.2 Å². The molecule has 0 spiro atoms. The second-order valence-electron chi connectivity index (χ2n) is 3.98. The van der Waals surface area contributed by atoms with E-state index in [-0.39, 0.29) is 6.10 Å². The molecule has 90 valence electrons. The van der Waals surface area contributed by atoms with E-state index < -0.39 is 5.97 Å². The third-order valence-electron chi connectivity index (χ3n) is 2.73. The van der Waals surface area contributed by atoms with Crippen LogP contribution in [0.1, 0.15) is 24.8 Å². The van der Waals surface area contributed by atoms with Crippen molar-refractivity contribution in [1.82, 2.24) is 4.98 Å². The Kier molecular flexibility index (Phi) is 3.27. The number of nitrogen functional groups attached to an aromatic ring is 1. The van der Waals surface area contributed by atoms with Crippen molar-refractivity contribution in [3.05, 3.63) is 24.0 Å². The van der Waals surface area contributed by atoms with Gasteiger partial charge in [0, 0.05) is 17.8 Å². The lowest BCUT2D eigenvalue weighted by atomic mass is 9.96. The number of carboxylic acids is 1. The van der Waals surface area contributed by atoms with Crippen molar-refractivity contribution in [2.75, 3.05) is 5.73 Å². The van der Waals surface area contributed by atoms with Crippen LogP contribution in [0.5, 0.6) is 5.75 Å². The lowest BCUT2D eigenvalue weighted by Gasteiger charge is -2.26. The number of hydrogen-bond acceptors (Lipinski definition) is 4. The number of nitrogens with two attached hydrogens (primary N) is 1. The van der Waals surface area contributed by atoms with Crippen LogP contribution in [0.25, 0.3) is 6.08 Å². The molecule has 1 aromatic rings. The summed E-state index contributed by atoms with van der Waals surface area (Å²) < 4.78 is 5.66. The molecular formula is C12H14N2O3. The van der Waals surface area contributed by atoms with E-state index in [0.29, 0.717) is 17.0 Å².